The number of ether oxygens (including phenoxy) is 4. The fraction of sp³-hybridized carbons (Fsp3) is 0.316. The minimum absolute atomic E-state index is 0.134. The van der Waals surface area contributed by atoms with E-state index in [-0.39, 0.29) is 17.2 Å². The lowest BCUT2D eigenvalue weighted by Crippen LogP contribution is -2.61. The molecule has 0 spiro atoms. The van der Waals surface area contributed by atoms with E-state index in [0.29, 0.717) is 0 Å². The smallest absolute Gasteiger partial charge is 0.358 e. The van der Waals surface area contributed by atoms with Gasteiger partial charge in [-0.25, -0.2) is 4.39 Å². The van der Waals surface area contributed by atoms with E-state index in [0.717, 1.165) is 12.1 Å². The van der Waals surface area contributed by atoms with E-state index in [9.17, 15) is 29.8 Å². The van der Waals surface area contributed by atoms with Gasteiger partial charge in [0.25, 0.3) is 5.69 Å². The van der Waals surface area contributed by atoms with Crippen molar-refractivity contribution in [1.29, 1.82) is 0 Å². The third-order valence-corrected chi connectivity index (χ3v) is 4.55. The van der Waals surface area contributed by atoms with Crippen molar-refractivity contribution in [3.05, 3.63) is 64.5 Å². The first kappa shape index (κ1) is 22.8. The molecule has 3 N–H and O–H groups in total. The molecule has 1 fully saturated rings. The topological polar surface area (TPSA) is 141 Å². The normalized spacial score (nSPS) is 25.5. The number of rotatable bonds is 6. The van der Waals surface area contributed by atoms with Gasteiger partial charge in [-0.15, -0.1) is 0 Å². The number of halogens is 1. The van der Waals surface area contributed by atoms with Crippen LogP contribution in [0.5, 0.6) is 11.5 Å². The summed E-state index contributed by atoms with van der Waals surface area (Å²) in [5, 5.41) is 40.3. The Balaban J connectivity index is 1.75. The molecule has 5 atom stereocenters. The molecule has 12 heteroatoms. The van der Waals surface area contributed by atoms with Gasteiger partial charge < -0.3 is 34.3 Å². The van der Waals surface area contributed by atoms with E-state index < -0.39 is 53.3 Å². The summed E-state index contributed by atoms with van der Waals surface area (Å²) in [7, 11) is 0. The third kappa shape index (κ3) is 5.62. The molecule has 0 aromatic heterocycles. The highest BCUT2D eigenvalue weighted by Crippen LogP contribution is 2.28. The molecule has 2 aromatic carbocycles. The summed E-state index contributed by atoms with van der Waals surface area (Å²) in [6.45, 7) is -0.623. The molecule has 10 nitrogen and oxygen atoms in total. The van der Waals surface area contributed by atoms with Crippen molar-refractivity contribution in [3.8, 4) is 11.5 Å². The number of nitro benzene ring substituents is 1. The van der Waals surface area contributed by atoms with Crippen molar-refractivity contribution in [2.45, 2.75) is 30.7 Å². The molecule has 0 unspecified atom stereocenters. The number of nitro groups is 1. The molecule has 0 aliphatic carbocycles. The van der Waals surface area contributed by atoms with Crippen LogP contribution in [-0.2, 0) is 9.47 Å². The van der Waals surface area contributed by atoms with Crippen LogP contribution >= 0.6 is 12.2 Å². The van der Waals surface area contributed by atoms with Gasteiger partial charge >= 0.3 is 5.24 Å². The SMILES string of the molecule is O=[N+]([O-])c1ccc(O[C@H]2O[C@H](CO)[C@@H](O)[C@H](O)[C@H]2OC(=S)Oc2ccc(F)cc2)cc1. The van der Waals surface area contributed by atoms with Crippen LogP contribution in [0.1, 0.15) is 0 Å². The standard InChI is InChI=1S/C19H18FNO9S/c20-10-1-5-13(6-2-10)28-19(31)30-17-16(24)15(23)14(9-22)29-18(17)27-12-7-3-11(4-8-12)21(25)26/h1-8,14-18,22-24H,9H2/t14-,15-,16+,17-,18+/m1/s1. The summed E-state index contributed by atoms with van der Waals surface area (Å²) in [5.41, 5.74) is -0.165. The van der Waals surface area contributed by atoms with Crippen molar-refractivity contribution >= 4 is 23.1 Å². The number of hydrogen-bond acceptors (Lipinski definition) is 10. The van der Waals surface area contributed by atoms with E-state index in [1.807, 2.05) is 0 Å². The second-order valence-corrected chi connectivity index (χ2v) is 6.80. The highest BCUT2D eigenvalue weighted by Gasteiger charge is 2.47. The number of aliphatic hydroxyl groups is 3. The summed E-state index contributed by atoms with van der Waals surface area (Å²) in [5.74, 6) is -0.181. The van der Waals surface area contributed by atoms with Gasteiger partial charge in [-0.1, -0.05) is 0 Å². The second-order valence-electron chi connectivity index (χ2n) is 6.46. The number of non-ortho nitro benzene ring substituents is 1. The van der Waals surface area contributed by atoms with Crippen molar-refractivity contribution in [2.75, 3.05) is 6.61 Å². The second kappa shape index (κ2) is 9.94. The predicted molar refractivity (Wildman–Crippen MR) is 106 cm³/mol. The number of aliphatic hydroxyl groups excluding tert-OH is 3. The highest BCUT2D eigenvalue weighted by molar-refractivity contribution is 7.79. The van der Waals surface area contributed by atoms with E-state index in [1.165, 1.54) is 36.4 Å². The molecule has 1 aliphatic heterocycles. The van der Waals surface area contributed by atoms with E-state index in [1.54, 1.807) is 0 Å². The summed E-state index contributed by atoms with van der Waals surface area (Å²) >= 11 is 5.00. The highest BCUT2D eigenvalue weighted by atomic mass is 32.1. The van der Waals surface area contributed by atoms with Gasteiger partial charge in [0.05, 0.1) is 11.5 Å². The average molecular weight is 455 g/mol. The van der Waals surface area contributed by atoms with E-state index in [4.69, 9.17) is 31.2 Å². The zero-order valence-electron chi connectivity index (χ0n) is 15.7. The van der Waals surface area contributed by atoms with Crippen LogP contribution in [0, 0.1) is 15.9 Å². The number of hydrogen-bond donors (Lipinski definition) is 3. The third-order valence-electron chi connectivity index (χ3n) is 4.37. The maximum atomic E-state index is 13.0. The largest absolute Gasteiger partial charge is 0.461 e. The van der Waals surface area contributed by atoms with Gasteiger partial charge in [-0.2, -0.15) is 0 Å². The van der Waals surface area contributed by atoms with Crippen molar-refractivity contribution < 1.29 is 43.6 Å². The van der Waals surface area contributed by atoms with Crippen LogP contribution < -0.4 is 9.47 Å². The monoisotopic (exact) mass is 455 g/mol. The fourth-order valence-electron chi connectivity index (χ4n) is 2.79. The van der Waals surface area contributed by atoms with Gasteiger partial charge in [0.15, 0.2) is 6.10 Å². The minimum atomic E-state index is -1.59. The Labute approximate surface area is 180 Å². The molecule has 0 bridgehead atoms. The molecule has 1 saturated heterocycles. The van der Waals surface area contributed by atoms with Crippen molar-refractivity contribution in [2.24, 2.45) is 0 Å². The maximum Gasteiger partial charge on any atom is 0.358 e. The first-order valence-corrected chi connectivity index (χ1v) is 9.37. The van der Waals surface area contributed by atoms with Crippen LogP contribution in [0.4, 0.5) is 10.1 Å². The Morgan fingerprint density at radius 2 is 1.71 bits per heavy atom. The molecule has 1 heterocycles. The molecular formula is C19H18FNO9S. The Morgan fingerprint density at radius 1 is 1.10 bits per heavy atom. The van der Waals surface area contributed by atoms with Crippen LogP contribution in [0.3, 0.4) is 0 Å². The van der Waals surface area contributed by atoms with Gasteiger partial charge in [-0.3, -0.25) is 10.1 Å². The Hall–Kier alpha value is -2.90. The van der Waals surface area contributed by atoms with Crippen LogP contribution in [-0.4, -0.2) is 62.8 Å². The molecule has 0 amide bonds. The van der Waals surface area contributed by atoms with E-state index >= 15 is 0 Å². The fourth-order valence-corrected chi connectivity index (χ4v) is 3.00. The summed E-state index contributed by atoms with van der Waals surface area (Å²) in [4.78, 5) is 10.2. The van der Waals surface area contributed by atoms with Crippen molar-refractivity contribution in [3.63, 3.8) is 0 Å². The lowest BCUT2D eigenvalue weighted by Gasteiger charge is -2.41. The van der Waals surface area contributed by atoms with E-state index in [2.05, 4.69) is 0 Å². The number of benzene rings is 2. The average Bonchev–Trinajstić information content (AvgIpc) is 2.75. The van der Waals surface area contributed by atoms with Gasteiger partial charge in [0, 0.05) is 24.4 Å². The first-order valence-electron chi connectivity index (χ1n) is 8.96. The molecule has 2 aromatic rings. The summed E-state index contributed by atoms with van der Waals surface area (Å²) < 4.78 is 34.8. The Bertz CT molecular complexity index is 912. The lowest BCUT2D eigenvalue weighted by atomic mass is 9.99. The van der Waals surface area contributed by atoms with Crippen LogP contribution in [0.15, 0.2) is 48.5 Å². The molecule has 166 valence electrons. The quantitative estimate of drug-likeness (QED) is 0.332. The zero-order chi connectivity index (χ0) is 22.5. The van der Waals surface area contributed by atoms with Gasteiger partial charge in [0.1, 0.15) is 35.6 Å². The molecule has 3 rings (SSSR count). The minimum Gasteiger partial charge on any atom is -0.461 e. The maximum absolute atomic E-state index is 13.0. The molecule has 0 saturated carbocycles. The molecule has 0 radical (unpaired) electrons. The number of thiocarbonyl (C=S) groups is 1. The van der Waals surface area contributed by atoms with Gasteiger partial charge in [-0.05, 0) is 36.4 Å². The predicted octanol–water partition coefficient (Wildman–Crippen LogP) is 1.30. The summed E-state index contributed by atoms with van der Waals surface area (Å²) in [6.07, 6.45) is -7.07. The molecule has 1 aliphatic rings. The Kier molecular flexibility index (Phi) is 7.30. The summed E-state index contributed by atoms with van der Waals surface area (Å²) in [6, 6.07) is 9.91. The van der Waals surface area contributed by atoms with Crippen LogP contribution in [0.25, 0.3) is 0 Å². The molecular weight excluding hydrogens is 437 g/mol. The van der Waals surface area contributed by atoms with Crippen molar-refractivity contribution in [1.82, 2.24) is 0 Å². The lowest BCUT2D eigenvalue weighted by molar-refractivity contribution is -0.384. The van der Waals surface area contributed by atoms with Gasteiger partial charge in [0.2, 0.25) is 6.29 Å². The molecule has 31 heavy (non-hydrogen) atoms. The zero-order valence-corrected chi connectivity index (χ0v) is 16.6. The first-order chi connectivity index (χ1) is 14.8. The van der Waals surface area contributed by atoms with Crippen LogP contribution in [0.2, 0.25) is 0 Å². The number of nitrogens with zero attached hydrogens (tertiary/aromatic N) is 1. The Morgan fingerprint density at radius 3 is 2.29 bits per heavy atom.